The van der Waals surface area contributed by atoms with Crippen LogP contribution in [0.25, 0.3) is 0 Å². The second-order valence-corrected chi connectivity index (χ2v) is 7.57. The lowest BCUT2D eigenvalue weighted by Gasteiger charge is -2.32. The minimum atomic E-state index is -0.211. The van der Waals surface area contributed by atoms with E-state index in [0.717, 1.165) is 26.2 Å². The lowest BCUT2D eigenvalue weighted by Crippen LogP contribution is -2.45. The van der Waals surface area contributed by atoms with Crippen molar-refractivity contribution in [1.82, 2.24) is 20.1 Å². The molecule has 2 heterocycles. The first-order chi connectivity index (χ1) is 15.4. The first kappa shape index (κ1) is 23.3. The quantitative estimate of drug-likeness (QED) is 0.406. The van der Waals surface area contributed by atoms with Gasteiger partial charge in [0, 0.05) is 26.2 Å². The van der Waals surface area contributed by atoms with Crippen LogP contribution in [0.1, 0.15) is 0 Å². The summed E-state index contributed by atoms with van der Waals surface area (Å²) >= 11 is 0. The van der Waals surface area contributed by atoms with E-state index < -0.39 is 0 Å². The van der Waals surface area contributed by atoms with E-state index in [2.05, 4.69) is 49.3 Å². The number of nitrogens with two attached hydrogens (primary N) is 1. The summed E-state index contributed by atoms with van der Waals surface area (Å²) in [6.45, 7) is 8.94. The number of carbonyl (C=O) groups excluding carboxylic acids is 1. The summed E-state index contributed by atoms with van der Waals surface area (Å²) in [6, 6.07) is 10.6. The maximum absolute atomic E-state index is 11.7. The smallest absolute Gasteiger partial charge is 0.239 e. The number of piperazine rings is 1. The number of ether oxygens (including phenoxy) is 1. The number of hydrogen-bond acceptors (Lipinski definition) is 9. The maximum Gasteiger partial charge on any atom is 0.239 e. The van der Waals surface area contributed by atoms with Crippen molar-refractivity contribution < 1.29 is 9.53 Å². The van der Waals surface area contributed by atoms with E-state index in [1.165, 1.54) is 0 Å². The van der Waals surface area contributed by atoms with Gasteiger partial charge in [-0.05, 0) is 38.4 Å². The lowest BCUT2D eigenvalue weighted by atomic mass is 10.3. The molecule has 1 aliphatic rings. The molecule has 0 bridgehead atoms. The van der Waals surface area contributed by atoms with Gasteiger partial charge in [0.2, 0.25) is 5.91 Å². The minimum absolute atomic E-state index is 0.161. The highest BCUT2D eigenvalue weighted by atomic mass is 16.5. The van der Waals surface area contributed by atoms with Crippen molar-refractivity contribution in [3.63, 3.8) is 0 Å². The van der Waals surface area contributed by atoms with Crippen LogP contribution in [0.3, 0.4) is 0 Å². The zero-order valence-electron chi connectivity index (χ0n) is 18.5. The van der Waals surface area contributed by atoms with Crippen molar-refractivity contribution in [2.75, 3.05) is 64.4 Å². The number of hydrogen-bond donors (Lipinski definition) is 3. The molecule has 1 fully saturated rings. The van der Waals surface area contributed by atoms with Crippen LogP contribution in [0.4, 0.5) is 23.0 Å². The van der Waals surface area contributed by atoms with Gasteiger partial charge in [-0.3, -0.25) is 9.69 Å². The zero-order chi connectivity index (χ0) is 22.9. The molecule has 1 aromatic carbocycles. The van der Waals surface area contributed by atoms with Crippen molar-refractivity contribution in [3.05, 3.63) is 48.7 Å². The number of nitrogens with one attached hydrogen (secondary N) is 2. The van der Waals surface area contributed by atoms with Gasteiger partial charge in [0.05, 0.1) is 13.1 Å². The van der Waals surface area contributed by atoms with Crippen LogP contribution in [-0.4, -0.2) is 74.1 Å². The normalized spacial score (nSPS) is 15.1. The van der Waals surface area contributed by atoms with Crippen LogP contribution in [0.5, 0.6) is 5.75 Å². The number of anilines is 2. The molecular formula is C22H30N8O2. The first-order valence-corrected chi connectivity index (χ1v) is 10.4. The SMILES string of the molecule is C=C(CN1CCN(C)CC1)Oc1ccccc1N=Nc1ccc(NC(=O)CNC)nc1N. The summed E-state index contributed by atoms with van der Waals surface area (Å²) < 4.78 is 5.98. The number of likely N-dealkylation sites (N-methyl/N-ethyl adjacent to an activating group) is 2. The summed E-state index contributed by atoms with van der Waals surface area (Å²) in [5.74, 6) is 1.52. The predicted octanol–water partition coefficient (Wildman–Crippen LogP) is 2.38. The number of para-hydroxylation sites is 1. The Hall–Kier alpha value is -3.34. The van der Waals surface area contributed by atoms with Gasteiger partial charge in [0.15, 0.2) is 11.6 Å². The maximum atomic E-state index is 11.7. The van der Waals surface area contributed by atoms with Crippen molar-refractivity contribution in [1.29, 1.82) is 0 Å². The van der Waals surface area contributed by atoms with E-state index in [1.807, 2.05) is 18.2 Å². The summed E-state index contributed by atoms with van der Waals surface area (Å²) in [6.07, 6.45) is 0. The summed E-state index contributed by atoms with van der Waals surface area (Å²) in [5.41, 5.74) is 6.93. The molecular weight excluding hydrogens is 408 g/mol. The number of nitrogen functional groups attached to an aromatic ring is 1. The lowest BCUT2D eigenvalue weighted by molar-refractivity contribution is -0.115. The number of aromatic nitrogens is 1. The van der Waals surface area contributed by atoms with E-state index in [-0.39, 0.29) is 18.3 Å². The highest BCUT2D eigenvalue weighted by Gasteiger charge is 2.15. The van der Waals surface area contributed by atoms with Crippen molar-refractivity contribution in [3.8, 4) is 5.75 Å². The number of azo groups is 1. The molecule has 3 rings (SSSR count). The average molecular weight is 439 g/mol. The molecule has 1 saturated heterocycles. The number of nitrogens with zero attached hydrogens (tertiary/aromatic N) is 5. The fourth-order valence-electron chi connectivity index (χ4n) is 3.15. The largest absolute Gasteiger partial charge is 0.459 e. The van der Waals surface area contributed by atoms with Gasteiger partial charge >= 0.3 is 0 Å². The van der Waals surface area contributed by atoms with Crippen LogP contribution in [0.15, 0.2) is 59.0 Å². The Balaban J connectivity index is 1.64. The highest BCUT2D eigenvalue weighted by Crippen LogP contribution is 2.31. The summed E-state index contributed by atoms with van der Waals surface area (Å²) in [7, 11) is 3.81. The van der Waals surface area contributed by atoms with Crippen molar-refractivity contribution >= 4 is 28.9 Å². The Morgan fingerprint density at radius 1 is 1.16 bits per heavy atom. The number of carbonyl (C=O) groups is 1. The second kappa shape index (κ2) is 11.3. The molecule has 0 unspecified atom stereocenters. The molecule has 10 nitrogen and oxygen atoms in total. The fourth-order valence-corrected chi connectivity index (χ4v) is 3.15. The van der Waals surface area contributed by atoms with Crippen LogP contribution in [0, 0.1) is 0 Å². The Kier molecular flexibility index (Phi) is 8.26. The van der Waals surface area contributed by atoms with Crippen LogP contribution in [-0.2, 0) is 4.79 Å². The molecule has 0 radical (unpaired) electrons. The molecule has 10 heteroatoms. The molecule has 4 N–H and O–H groups in total. The molecule has 170 valence electrons. The molecule has 1 aliphatic heterocycles. The number of amides is 1. The van der Waals surface area contributed by atoms with Gasteiger partial charge < -0.3 is 26.0 Å². The summed E-state index contributed by atoms with van der Waals surface area (Å²) in [5, 5.41) is 13.9. The van der Waals surface area contributed by atoms with E-state index >= 15 is 0 Å². The standard InChI is InChI=1S/C22H30N8O2/c1-16(15-30-12-10-29(3)11-13-30)32-19-7-5-4-6-17(19)27-28-18-8-9-20(26-22(18)23)25-21(31)14-24-2/h4-9,24H,1,10-15H2,2-3H3,(H3,23,25,26,31). The Morgan fingerprint density at radius 3 is 2.59 bits per heavy atom. The molecule has 0 saturated carbocycles. The van der Waals surface area contributed by atoms with E-state index in [4.69, 9.17) is 10.5 Å². The predicted molar refractivity (Wildman–Crippen MR) is 126 cm³/mol. The fraction of sp³-hybridized carbons (Fsp3) is 0.364. The molecule has 2 aromatic rings. The third-order valence-corrected chi connectivity index (χ3v) is 4.89. The highest BCUT2D eigenvalue weighted by molar-refractivity contribution is 5.91. The van der Waals surface area contributed by atoms with Crippen LogP contribution in [0.2, 0.25) is 0 Å². The average Bonchev–Trinajstić information content (AvgIpc) is 2.76. The van der Waals surface area contributed by atoms with Gasteiger partial charge in [-0.15, -0.1) is 10.2 Å². The third-order valence-electron chi connectivity index (χ3n) is 4.89. The molecule has 0 atom stereocenters. The van der Waals surface area contributed by atoms with E-state index in [0.29, 0.717) is 35.2 Å². The van der Waals surface area contributed by atoms with Crippen LogP contribution >= 0.6 is 0 Å². The topological polar surface area (TPSA) is 120 Å². The van der Waals surface area contributed by atoms with Gasteiger partial charge in [-0.2, -0.15) is 0 Å². The molecule has 32 heavy (non-hydrogen) atoms. The third kappa shape index (κ3) is 6.84. The number of pyridine rings is 1. The first-order valence-electron chi connectivity index (χ1n) is 10.4. The van der Waals surface area contributed by atoms with Gasteiger partial charge in [-0.25, -0.2) is 4.98 Å². The minimum Gasteiger partial charge on any atom is -0.459 e. The second-order valence-electron chi connectivity index (χ2n) is 7.57. The van der Waals surface area contributed by atoms with Gasteiger partial charge in [0.1, 0.15) is 23.0 Å². The Bertz CT molecular complexity index is 970. The number of rotatable bonds is 9. The zero-order valence-corrected chi connectivity index (χ0v) is 18.5. The van der Waals surface area contributed by atoms with Crippen LogP contribution < -0.4 is 21.1 Å². The Labute approximate surface area is 188 Å². The van der Waals surface area contributed by atoms with E-state index in [9.17, 15) is 4.79 Å². The Morgan fingerprint density at radius 2 is 1.88 bits per heavy atom. The van der Waals surface area contributed by atoms with Crippen molar-refractivity contribution in [2.45, 2.75) is 0 Å². The molecule has 1 amide bonds. The molecule has 0 spiro atoms. The molecule has 1 aromatic heterocycles. The van der Waals surface area contributed by atoms with Gasteiger partial charge in [0.25, 0.3) is 0 Å². The van der Waals surface area contributed by atoms with E-state index in [1.54, 1.807) is 25.2 Å². The van der Waals surface area contributed by atoms with Crippen molar-refractivity contribution in [2.24, 2.45) is 10.2 Å². The summed E-state index contributed by atoms with van der Waals surface area (Å²) in [4.78, 5) is 20.4. The number of benzene rings is 1. The van der Waals surface area contributed by atoms with Gasteiger partial charge in [-0.1, -0.05) is 18.7 Å². The molecule has 0 aliphatic carbocycles. The monoisotopic (exact) mass is 438 g/mol.